The molecule has 0 spiro atoms. The zero-order valence-corrected chi connectivity index (χ0v) is 35.9. The van der Waals surface area contributed by atoms with E-state index in [1.54, 1.807) is 0 Å². The summed E-state index contributed by atoms with van der Waals surface area (Å²) in [5.74, 6) is 0. The minimum absolute atomic E-state index is 0.00517. The molecule has 0 saturated carbocycles. The second-order valence-corrected chi connectivity index (χ2v) is 19.6. The summed E-state index contributed by atoms with van der Waals surface area (Å²) in [5.41, 5.74) is 21.5. The Morgan fingerprint density at radius 3 is 1.43 bits per heavy atom. The zero-order valence-electron chi connectivity index (χ0n) is 35.9. The summed E-state index contributed by atoms with van der Waals surface area (Å²) in [6.07, 6.45) is 0. The van der Waals surface area contributed by atoms with Crippen LogP contribution in [0.25, 0.3) is 22.3 Å². The monoisotopic (exact) mass is 754 g/mol. The number of hydrogen-bond donors (Lipinski definition) is 0. The molecule has 0 saturated heterocycles. The molecule has 2 nitrogen and oxygen atoms in total. The molecule has 0 bridgehead atoms. The van der Waals surface area contributed by atoms with Gasteiger partial charge in [0.2, 0.25) is 0 Å². The van der Waals surface area contributed by atoms with E-state index in [9.17, 15) is 0 Å². The highest BCUT2D eigenvalue weighted by molar-refractivity contribution is 7.00. The molecule has 2 aliphatic rings. The minimum Gasteiger partial charge on any atom is -0.311 e. The summed E-state index contributed by atoms with van der Waals surface area (Å²) in [6.45, 7) is 23.2. The van der Waals surface area contributed by atoms with Crippen LogP contribution in [-0.2, 0) is 16.2 Å². The molecule has 3 heteroatoms. The van der Waals surface area contributed by atoms with Gasteiger partial charge in [0.1, 0.15) is 0 Å². The Balaban J connectivity index is 1.41. The van der Waals surface area contributed by atoms with Crippen molar-refractivity contribution in [3.63, 3.8) is 0 Å². The molecule has 0 fully saturated rings. The molecule has 7 aromatic carbocycles. The number of rotatable bonds is 4. The summed E-state index contributed by atoms with van der Waals surface area (Å²) >= 11 is 0. The van der Waals surface area contributed by atoms with Crippen LogP contribution in [0, 0.1) is 6.92 Å². The second kappa shape index (κ2) is 13.7. The van der Waals surface area contributed by atoms with Gasteiger partial charge >= 0.3 is 0 Å². The van der Waals surface area contributed by atoms with E-state index in [-0.39, 0.29) is 23.0 Å². The van der Waals surface area contributed by atoms with E-state index >= 15 is 0 Å². The van der Waals surface area contributed by atoms with E-state index in [0.717, 1.165) is 0 Å². The van der Waals surface area contributed by atoms with Crippen molar-refractivity contribution in [2.24, 2.45) is 0 Å². The maximum atomic E-state index is 2.62. The zero-order chi connectivity index (χ0) is 40.7. The lowest BCUT2D eigenvalue weighted by molar-refractivity contribution is 0.590. The third-order valence-electron chi connectivity index (χ3n) is 12.3. The van der Waals surface area contributed by atoms with Gasteiger partial charge in [0, 0.05) is 39.6 Å². The van der Waals surface area contributed by atoms with Gasteiger partial charge < -0.3 is 9.80 Å². The summed E-state index contributed by atoms with van der Waals surface area (Å²) in [4.78, 5) is 5.16. The molecule has 0 radical (unpaired) electrons. The molecular formula is C55H55BN2. The maximum Gasteiger partial charge on any atom is 0.252 e. The van der Waals surface area contributed by atoms with Crippen LogP contribution in [-0.4, -0.2) is 6.71 Å². The molecular weight excluding hydrogens is 699 g/mol. The van der Waals surface area contributed by atoms with Gasteiger partial charge in [-0.15, -0.1) is 0 Å². The molecule has 0 amide bonds. The quantitative estimate of drug-likeness (QED) is 0.165. The number of benzene rings is 7. The Morgan fingerprint density at radius 2 is 0.879 bits per heavy atom. The SMILES string of the molecule is Cc1cc2c3c(c1)N(c1c(-c4ccccc4)cc(C(C)(C)C)cc1-c1ccccc1)c1ccccc1B3c1cc(C(C)(C)C)ccc1N2c1ccc(C(C)(C)C)cc1. The number of hydrogen-bond acceptors (Lipinski definition) is 2. The molecule has 0 aliphatic carbocycles. The lowest BCUT2D eigenvalue weighted by Crippen LogP contribution is -2.61. The topological polar surface area (TPSA) is 6.48 Å². The van der Waals surface area contributed by atoms with Crippen LogP contribution in [0.2, 0.25) is 0 Å². The second-order valence-electron chi connectivity index (χ2n) is 19.6. The van der Waals surface area contributed by atoms with E-state index in [1.807, 2.05) is 0 Å². The molecule has 0 N–H and O–H groups in total. The van der Waals surface area contributed by atoms with Gasteiger partial charge in [-0.3, -0.25) is 0 Å². The number of aryl methyl sites for hydroxylation is 1. The number of anilines is 6. The number of nitrogens with zero attached hydrogens (tertiary/aromatic N) is 2. The Morgan fingerprint density at radius 1 is 0.397 bits per heavy atom. The fraction of sp³-hybridized carbons (Fsp3) is 0.236. The van der Waals surface area contributed by atoms with Crippen LogP contribution >= 0.6 is 0 Å². The van der Waals surface area contributed by atoms with Crippen molar-refractivity contribution < 1.29 is 0 Å². The van der Waals surface area contributed by atoms with Crippen LogP contribution in [0.5, 0.6) is 0 Å². The molecule has 58 heavy (non-hydrogen) atoms. The smallest absolute Gasteiger partial charge is 0.252 e. The summed E-state index contributed by atoms with van der Waals surface area (Å²) in [5, 5.41) is 0. The fourth-order valence-electron chi connectivity index (χ4n) is 9.17. The van der Waals surface area contributed by atoms with Crippen LogP contribution in [0.1, 0.15) is 84.6 Å². The average molecular weight is 755 g/mol. The molecule has 0 aromatic heterocycles. The predicted octanol–water partition coefficient (Wildman–Crippen LogP) is 13.3. The Kier molecular flexibility index (Phi) is 8.89. The number of fused-ring (bicyclic) bond motifs is 4. The summed E-state index contributed by atoms with van der Waals surface area (Å²) in [6, 6.07) is 57.6. The van der Waals surface area contributed by atoms with E-state index in [2.05, 4.69) is 231 Å². The van der Waals surface area contributed by atoms with Gasteiger partial charge in [0.05, 0.1) is 5.69 Å². The molecule has 0 atom stereocenters. The fourth-order valence-corrected chi connectivity index (χ4v) is 9.17. The third-order valence-corrected chi connectivity index (χ3v) is 12.3. The molecule has 2 aliphatic heterocycles. The largest absolute Gasteiger partial charge is 0.311 e. The average Bonchev–Trinajstić information content (AvgIpc) is 3.20. The van der Waals surface area contributed by atoms with E-state index in [0.29, 0.717) is 0 Å². The van der Waals surface area contributed by atoms with E-state index < -0.39 is 0 Å². The maximum absolute atomic E-state index is 2.62. The number of para-hydroxylation sites is 1. The molecule has 288 valence electrons. The third kappa shape index (κ3) is 6.36. The van der Waals surface area contributed by atoms with Gasteiger partial charge in [0.25, 0.3) is 6.71 Å². The summed E-state index contributed by atoms with van der Waals surface area (Å²) < 4.78 is 0. The van der Waals surface area contributed by atoms with Crippen molar-refractivity contribution in [2.45, 2.75) is 85.5 Å². The highest BCUT2D eigenvalue weighted by Crippen LogP contribution is 2.51. The van der Waals surface area contributed by atoms with Crippen molar-refractivity contribution in [1.29, 1.82) is 0 Å². The Hall–Kier alpha value is -5.80. The Labute approximate surface area is 347 Å². The van der Waals surface area contributed by atoms with E-state index in [4.69, 9.17) is 0 Å². The standard InChI is InChI=1S/C55H55BN2/c1-36-31-49-51-50(32-36)58(52-43(37-19-13-11-14-20-37)33-41(55(8,9)10)34-44(52)38-21-15-12-16-22-38)47-24-18-17-23-45(47)56(51)46-35-40(54(5,6)7)27-30-48(46)57(49)42-28-25-39(26-29-42)53(2,3)4/h11-35H,1-10H3. The highest BCUT2D eigenvalue weighted by atomic mass is 15.2. The first-order valence-electron chi connectivity index (χ1n) is 21.0. The van der Waals surface area contributed by atoms with Gasteiger partial charge in [-0.1, -0.05) is 165 Å². The Bertz CT molecular complexity index is 2610. The lowest BCUT2D eigenvalue weighted by atomic mass is 9.33. The first-order chi connectivity index (χ1) is 27.6. The van der Waals surface area contributed by atoms with Crippen molar-refractivity contribution in [1.82, 2.24) is 0 Å². The summed E-state index contributed by atoms with van der Waals surface area (Å²) in [7, 11) is 0. The van der Waals surface area contributed by atoms with Gasteiger partial charge in [-0.2, -0.15) is 0 Å². The predicted molar refractivity (Wildman–Crippen MR) is 252 cm³/mol. The van der Waals surface area contributed by atoms with Crippen molar-refractivity contribution in [3.8, 4) is 22.3 Å². The van der Waals surface area contributed by atoms with Gasteiger partial charge in [0.15, 0.2) is 0 Å². The van der Waals surface area contributed by atoms with Gasteiger partial charge in [-0.05, 0) is 121 Å². The first kappa shape index (κ1) is 37.8. The minimum atomic E-state index is -0.0590. The normalized spacial score (nSPS) is 13.6. The van der Waals surface area contributed by atoms with Gasteiger partial charge in [-0.25, -0.2) is 0 Å². The van der Waals surface area contributed by atoms with Crippen LogP contribution in [0.15, 0.2) is 152 Å². The van der Waals surface area contributed by atoms with Crippen LogP contribution in [0.4, 0.5) is 34.1 Å². The van der Waals surface area contributed by atoms with Crippen molar-refractivity contribution in [3.05, 3.63) is 174 Å². The van der Waals surface area contributed by atoms with Crippen LogP contribution in [0.3, 0.4) is 0 Å². The molecule has 9 rings (SSSR count). The van der Waals surface area contributed by atoms with Crippen LogP contribution < -0.4 is 26.2 Å². The first-order valence-corrected chi connectivity index (χ1v) is 21.0. The lowest BCUT2D eigenvalue weighted by Gasteiger charge is -2.45. The van der Waals surface area contributed by atoms with E-state index in [1.165, 1.54) is 95.0 Å². The highest BCUT2D eigenvalue weighted by Gasteiger charge is 2.44. The van der Waals surface area contributed by atoms with Crippen molar-refractivity contribution in [2.75, 3.05) is 9.80 Å². The van der Waals surface area contributed by atoms with Crippen molar-refractivity contribution >= 4 is 57.2 Å². The molecule has 0 unspecified atom stereocenters. The molecule has 2 heterocycles. The molecule has 7 aromatic rings.